The third-order valence-corrected chi connectivity index (χ3v) is 3.61. The van der Waals surface area contributed by atoms with Gasteiger partial charge in [-0.05, 0) is 38.8 Å². The van der Waals surface area contributed by atoms with Crippen LogP contribution in [0.5, 0.6) is 0 Å². The van der Waals surface area contributed by atoms with Crippen molar-refractivity contribution in [2.45, 2.75) is 52.4 Å². The van der Waals surface area contributed by atoms with Crippen LogP contribution in [0.2, 0.25) is 0 Å². The van der Waals surface area contributed by atoms with Gasteiger partial charge in [0.1, 0.15) is 0 Å². The number of benzene rings is 1. The molecule has 112 valence electrons. The Hall–Kier alpha value is -0.900. The van der Waals surface area contributed by atoms with Gasteiger partial charge in [-0.15, -0.1) is 0 Å². The predicted molar refractivity (Wildman–Crippen MR) is 82.0 cm³/mol. The molecule has 1 aliphatic rings. The van der Waals surface area contributed by atoms with Gasteiger partial charge in [0.2, 0.25) is 0 Å². The largest absolute Gasteiger partial charge is 0.350 e. The first-order chi connectivity index (χ1) is 9.67. The van der Waals surface area contributed by atoms with Crippen molar-refractivity contribution in [2.75, 3.05) is 19.8 Å². The molecule has 0 radical (unpaired) electrons. The maximum atomic E-state index is 5.59. The van der Waals surface area contributed by atoms with E-state index < -0.39 is 0 Å². The quantitative estimate of drug-likeness (QED) is 0.831. The van der Waals surface area contributed by atoms with Gasteiger partial charge in [0.25, 0.3) is 0 Å². The van der Waals surface area contributed by atoms with Gasteiger partial charge in [0.15, 0.2) is 6.29 Å². The van der Waals surface area contributed by atoms with Crippen molar-refractivity contribution >= 4 is 0 Å². The van der Waals surface area contributed by atoms with Crippen molar-refractivity contribution < 1.29 is 9.47 Å². The number of rotatable bonds is 7. The second-order valence-electron chi connectivity index (χ2n) is 5.76. The van der Waals surface area contributed by atoms with Gasteiger partial charge in [-0.2, -0.15) is 0 Å². The molecule has 0 aromatic heterocycles. The zero-order valence-electron chi connectivity index (χ0n) is 12.9. The minimum absolute atomic E-state index is 0.0322. The third-order valence-electron chi connectivity index (χ3n) is 3.61. The van der Waals surface area contributed by atoms with Gasteiger partial charge in [0.05, 0.1) is 13.2 Å². The maximum Gasteiger partial charge on any atom is 0.159 e. The second kappa shape index (κ2) is 7.77. The lowest BCUT2D eigenvalue weighted by Gasteiger charge is -2.21. The smallest absolute Gasteiger partial charge is 0.159 e. The highest BCUT2D eigenvalue weighted by molar-refractivity contribution is 5.29. The molecule has 20 heavy (non-hydrogen) atoms. The minimum Gasteiger partial charge on any atom is -0.350 e. The molecule has 1 unspecified atom stereocenters. The zero-order chi connectivity index (χ0) is 14.4. The molecule has 1 aromatic rings. The molecule has 1 aromatic carbocycles. The summed E-state index contributed by atoms with van der Waals surface area (Å²) in [5, 5.41) is 3.62. The standard InChI is InChI=1S/C17H27NO2/c1-4-5-18-16(12-17-19-6-7-20-17)11-15-9-13(2)8-14(3)10-15/h8-10,16-18H,4-7,11-12H2,1-3H3. The topological polar surface area (TPSA) is 30.5 Å². The second-order valence-corrected chi connectivity index (χ2v) is 5.76. The van der Waals surface area contributed by atoms with Crippen molar-refractivity contribution in [3.05, 3.63) is 34.9 Å². The first-order valence-electron chi connectivity index (χ1n) is 7.71. The first-order valence-corrected chi connectivity index (χ1v) is 7.71. The summed E-state index contributed by atoms with van der Waals surface area (Å²) in [5.41, 5.74) is 4.07. The van der Waals surface area contributed by atoms with E-state index in [-0.39, 0.29) is 6.29 Å². The summed E-state index contributed by atoms with van der Waals surface area (Å²) in [5.74, 6) is 0. The van der Waals surface area contributed by atoms with Gasteiger partial charge in [-0.25, -0.2) is 0 Å². The Kier molecular flexibility index (Phi) is 6.02. The van der Waals surface area contributed by atoms with Crippen molar-refractivity contribution in [2.24, 2.45) is 0 Å². The number of aryl methyl sites for hydroxylation is 2. The van der Waals surface area contributed by atoms with Crippen molar-refractivity contribution in [3.8, 4) is 0 Å². The summed E-state index contributed by atoms with van der Waals surface area (Å²) in [4.78, 5) is 0. The van der Waals surface area contributed by atoms with Gasteiger partial charge < -0.3 is 14.8 Å². The Morgan fingerprint density at radius 3 is 2.40 bits per heavy atom. The lowest BCUT2D eigenvalue weighted by atomic mass is 9.99. The number of ether oxygens (including phenoxy) is 2. The van der Waals surface area contributed by atoms with Crippen LogP contribution >= 0.6 is 0 Å². The Morgan fingerprint density at radius 1 is 1.15 bits per heavy atom. The van der Waals surface area contributed by atoms with E-state index >= 15 is 0 Å². The Labute approximate surface area is 122 Å². The predicted octanol–water partition coefficient (Wildman–Crippen LogP) is 2.98. The first kappa shape index (κ1) is 15.5. The van der Waals surface area contributed by atoms with Crippen LogP contribution in [0.3, 0.4) is 0 Å². The molecule has 1 fully saturated rings. The van der Waals surface area contributed by atoms with Crippen LogP contribution in [0.1, 0.15) is 36.5 Å². The summed E-state index contributed by atoms with van der Waals surface area (Å²) in [7, 11) is 0. The molecule has 0 spiro atoms. The lowest BCUT2D eigenvalue weighted by molar-refractivity contribution is -0.0526. The Bertz CT molecular complexity index is 393. The Balaban J connectivity index is 1.97. The molecule has 3 nitrogen and oxygen atoms in total. The average Bonchev–Trinajstić information content (AvgIpc) is 2.87. The molecule has 0 aliphatic carbocycles. The van der Waals surface area contributed by atoms with E-state index in [2.05, 4.69) is 44.3 Å². The van der Waals surface area contributed by atoms with E-state index in [1.807, 2.05) is 0 Å². The van der Waals surface area contributed by atoms with E-state index in [1.54, 1.807) is 0 Å². The summed E-state index contributed by atoms with van der Waals surface area (Å²) < 4.78 is 11.2. The van der Waals surface area contributed by atoms with Crippen molar-refractivity contribution in [3.63, 3.8) is 0 Å². The summed E-state index contributed by atoms with van der Waals surface area (Å²) in [6.45, 7) is 9.03. The molecule has 1 atom stereocenters. The number of hydrogen-bond donors (Lipinski definition) is 1. The van der Waals surface area contributed by atoms with Crippen LogP contribution < -0.4 is 5.32 Å². The summed E-state index contributed by atoms with van der Waals surface area (Å²) >= 11 is 0. The fraction of sp³-hybridized carbons (Fsp3) is 0.647. The number of hydrogen-bond acceptors (Lipinski definition) is 3. The Morgan fingerprint density at radius 2 is 1.80 bits per heavy atom. The van der Waals surface area contributed by atoms with E-state index in [1.165, 1.54) is 16.7 Å². The number of nitrogens with one attached hydrogen (secondary N) is 1. The maximum absolute atomic E-state index is 5.59. The van der Waals surface area contributed by atoms with E-state index in [4.69, 9.17) is 9.47 Å². The van der Waals surface area contributed by atoms with Gasteiger partial charge >= 0.3 is 0 Å². The zero-order valence-corrected chi connectivity index (χ0v) is 12.9. The van der Waals surface area contributed by atoms with Crippen LogP contribution in [0, 0.1) is 13.8 Å². The molecule has 1 aliphatic heterocycles. The highest BCUT2D eigenvalue weighted by Crippen LogP contribution is 2.16. The van der Waals surface area contributed by atoms with Crippen molar-refractivity contribution in [1.82, 2.24) is 5.32 Å². The average molecular weight is 277 g/mol. The van der Waals surface area contributed by atoms with E-state index in [0.29, 0.717) is 6.04 Å². The van der Waals surface area contributed by atoms with Crippen LogP contribution in [-0.4, -0.2) is 32.1 Å². The van der Waals surface area contributed by atoms with E-state index in [9.17, 15) is 0 Å². The molecule has 0 saturated carbocycles. The highest BCUT2D eigenvalue weighted by atomic mass is 16.7. The molecule has 3 heteroatoms. The molecular formula is C17H27NO2. The van der Waals surface area contributed by atoms with Gasteiger partial charge in [-0.1, -0.05) is 36.2 Å². The van der Waals surface area contributed by atoms with Crippen LogP contribution in [0.4, 0.5) is 0 Å². The normalized spacial score (nSPS) is 17.6. The fourth-order valence-corrected chi connectivity index (χ4v) is 2.83. The van der Waals surface area contributed by atoms with Crippen molar-refractivity contribution in [1.29, 1.82) is 0 Å². The molecule has 0 bridgehead atoms. The fourth-order valence-electron chi connectivity index (χ4n) is 2.83. The van der Waals surface area contributed by atoms with Crippen LogP contribution in [0.15, 0.2) is 18.2 Å². The molecule has 1 heterocycles. The van der Waals surface area contributed by atoms with Crippen LogP contribution in [0.25, 0.3) is 0 Å². The van der Waals surface area contributed by atoms with Crippen LogP contribution in [-0.2, 0) is 15.9 Å². The van der Waals surface area contributed by atoms with Gasteiger partial charge in [-0.3, -0.25) is 0 Å². The monoisotopic (exact) mass is 277 g/mol. The van der Waals surface area contributed by atoms with Gasteiger partial charge in [0, 0.05) is 12.5 Å². The lowest BCUT2D eigenvalue weighted by Crippen LogP contribution is -2.35. The SMILES string of the molecule is CCCNC(Cc1cc(C)cc(C)c1)CC1OCCO1. The summed E-state index contributed by atoms with van der Waals surface area (Å²) in [6.07, 6.45) is 3.07. The molecule has 1 saturated heterocycles. The molecular weight excluding hydrogens is 250 g/mol. The minimum atomic E-state index is -0.0322. The molecule has 1 N–H and O–H groups in total. The molecule has 2 rings (SSSR count). The highest BCUT2D eigenvalue weighted by Gasteiger charge is 2.21. The van der Waals surface area contributed by atoms with E-state index in [0.717, 1.165) is 39.0 Å². The third kappa shape index (κ3) is 4.89. The summed E-state index contributed by atoms with van der Waals surface area (Å²) in [6, 6.07) is 7.20. The molecule has 0 amide bonds.